The summed E-state index contributed by atoms with van der Waals surface area (Å²) >= 11 is 12.5. The van der Waals surface area contributed by atoms with Crippen molar-refractivity contribution in [1.82, 2.24) is 4.90 Å². The molecule has 1 heterocycles. The van der Waals surface area contributed by atoms with Gasteiger partial charge in [-0.1, -0.05) is 54.1 Å². The number of thiocarbonyl (C=S) groups is 1. The molecule has 0 saturated carbocycles. The number of carbonyl (C=O) groups is 3. The summed E-state index contributed by atoms with van der Waals surface area (Å²) < 4.78 is 0.513. The lowest BCUT2D eigenvalue weighted by molar-refractivity contribution is -0.122. The van der Waals surface area contributed by atoms with E-state index in [-0.39, 0.29) is 29.5 Å². The van der Waals surface area contributed by atoms with Crippen LogP contribution in [0.1, 0.15) is 41.6 Å². The summed E-state index contributed by atoms with van der Waals surface area (Å²) in [5, 5.41) is 21.8. The van der Waals surface area contributed by atoms with Crippen LogP contribution in [0.3, 0.4) is 0 Å². The third-order valence-corrected chi connectivity index (χ3v) is 6.47. The standard InChI is InChI=1S/C23H21ClN2O5S2/c24-15-7-5-14(6-8-15)12-19-21(29)26(23(32)33-19)11-3-1-2-4-20(28)25-16-9-10-18(27)17(13-16)22(30)31/h5-10,12-13,27H,1-4,11H2,(H,25,28)(H,30,31)/b19-12-. The average molecular weight is 505 g/mol. The van der Waals surface area contributed by atoms with E-state index in [1.165, 1.54) is 30.0 Å². The predicted molar refractivity (Wildman–Crippen MR) is 133 cm³/mol. The molecule has 0 aliphatic carbocycles. The van der Waals surface area contributed by atoms with Crippen molar-refractivity contribution in [3.05, 3.63) is 63.5 Å². The van der Waals surface area contributed by atoms with Crippen molar-refractivity contribution < 1.29 is 24.6 Å². The minimum atomic E-state index is -1.28. The molecule has 0 radical (unpaired) electrons. The molecule has 0 unspecified atom stereocenters. The van der Waals surface area contributed by atoms with E-state index >= 15 is 0 Å². The number of thioether (sulfide) groups is 1. The Labute approximate surface area is 205 Å². The van der Waals surface area contributed by atoms with Crippen LogP contribution in [0.15, 0.2) is 47.4 Å². The van der Waals surface area contributed by atoms with Crippen LogP contribution >= 0.6 is 35.6 Å². The molecule has 0 bridgehead atoms. The third kappa shape index (κ3) is 6.80. The zero-order chi connectivity index (χ0) is 24.0. The maximum atomic E-state index is 12.7. The minimum Gasteiger partial charge on any atom is -0.507 e. The van der Waals surface area contributed by atoms with Crippen molar-refractivity contribution in [3.8, 4) is 5.75 Å². The summed E-state index contributed by atoms with van der Waals surface area (Å²) in [6.07, 6.45) is 4.05. The number of carboxylic acids is 1. The van der Waals surface area contributed by atoms with Gasteiger partial charge in [0.1, 0.15) is 15.6 Å². The Morgan fingerprint density at radius 1 is 1.12 bits per heavy atom. The Morgan fingerprint density at radius 3 is 2.55 bits per heavy atom. The van der Waals surface area contributed by atoms with Gasteiger partial charge in [0.05, 0.1) is 4.91 Å². The highest BCUT2D eigenvalue weighted by atomic mass is 35.5. The fourth-order valence-electron chi connectivity index (χ4n) is 3.14. The molecule has 1 fully saturated rings. The number of carbonyl (C=O) groups excluding carboxylic acids is 2. The summed E-state index contributed by atoms with van der Waals surface area (Å²) in [7, 11) is 0. The first-order chi connectivity index (χ1) is 15.7. The van der Waals surface area contributed by atoms with Crippen LogP contribution in [0.2, 0.25) is 5.02 Å². The lowest BCUT2D eigenvalue weighted by atomic mass is 10.1. The number of phenols is 1. The highest BCUT2D eigenvalue weighted by molar-refractivity contribution is 8.26. The number of aromatic carboxylic acids is 1. The normalized spacial score (nSPS) is 14.7. The molecule has 0 spiro atoms. The van der Waals surface area contributed by atoms with Gasteiger partial charge in [0.15, 0.2) is 0 Å². The van der Waals surface area contributed by atoms with Gasteiger partial charge in [-0.15, -0.1) is 0 Å². The molecule has 2 amide bonds. The molecule has 33 heavy (non-hydrogen) atoms. The number of anilines is 1. The fraction of sp³-hybridized carbons (Fsp3) is 0.217. The maximum Gasteiger partial charge on any atom is 0.339 e. The van der Waals surface area contributed by atoms with Crippen molar-refractivity contribution in [2.24, 2.45) is 0 Å². The first-order valence-corrected chi connectivity index (χ1v) is 11.7. The van der Waals surface area contributed by atoms with E-state index in [0.29, 0.717) is 39.3 Å². The van der Waals surface area contributed by atoms with E-state index in [4.69, 9.17) is 28.9 Å². The quantitative estimate of drug-likeness (QED) is 0.188. The Balaban J connectivity index is 1.42. The van der Waals surface area contributed by atoms with Crippen LogP contribution in [0.5, 0.6) is 5.75 Å². The van der Waals surface area contributed by atoms with Gasteiger partial charge in [0.2, 0.25) is 5.91 Å². The minimum absolute atomic E-state index is 0.126. The largest absolute Gasteiger partial charge is 0.507 e. The second kappa shape index (κ2) is 11.3. The van der Waals surface area contributed by atoms with Gasteiger partial charge in [-0.05, 0) is 54.8 Å². The van der Waals surface area contributed by atoms with Crippen LogP contribution in [0.25, 0.3) is 6.08 Å². The van der Waals surface area contributed by atoms with E-state index < -0.39 is 5.97 Å². The molecule has 1 aliphatic rings. The maximum absolute atomic E-state index is 12.7. The first kappa shape index (κ1) is 24.8. The molecule has 3 N–H and O–H groups in total. The molecular formula is C23H21ClN2O5S2. The molecule has 2 aromatic rings. The molecule has 0 aromatic heterocycles. The average Bonchev–Trinajstić information content (AvgIpc) is 3.03. The Kier molecular flexibility index (Phi) is 8.49. The molecule has 7 nitrogen and oxygen atoms in total. The molecule has 1 saturated heterocycles. The van der Waals surface area contributed by atoms with E-state index in [0.717, 1.165) is 12.0 Å². The number of hydrogen-bond acceptors (Lipinski definition) is 6. The topological polar surface area (TPSA) is 107 Å². The number of nitrogens with zero attached hydrogens (tertiary/aromatic N) is 1. The molecule has 2 aromatic carbocycles. The van der Waals surface area contributed by atoms with Crippen molar-refractivity contribution in [1.29, 1.82) is 0 Å². The van der Waals surface area contributed by atoms with Crippen molar-refractivity contribution >= 4 is 69.4 Å². The lowest BCUT2D eigenvalue weighted by Crippen LogP contribution is -2.29. The second-order valence-electron chi connectivity index (χ2n) is 7.28. The van der Waals surface area contributed by atoms with Crippen LogP contribution in [0.4, 0.5) is 5.69 Å². The summed E-state index contributed by atoms with van der Waals surface area (Å²) in [6, 6.07) is 11.1. The third-order valence-electron chi connectivity index (χ3n) is 4.84. The summed E-state index contributed by atoms with van der Waals surface area (Å²) in [4.78, 5) is 38.0. The number of hydrogen-bond donors (Lipinski definition) is 3. The molecule has 172 valence electrons. The summed E-state index contributed by atoms with van der Waals surface area (Å²) in [6.45, 7) is 0.476. The predicted octanol–water partition coefficient (Wildman–Crippen LogP) is 5.14. The van der Waals surface area contributed by atoms with Gasteiger partial charge in [-0.2, -0.15) is 0 Å². The van der Waals surface area contributed by atoms with E-state index in [2.05, 4.69) is 5.32 Å². The Morgan fingerprint density at radius 2 is 1.85 bits per heavy atom. The Hall–Kier alpha value is -2.88. The van der Waals surface area contributed by atoms with Gasteiger partial charge in [0.25, 0.3) is 5.91 Å². The molecule has 10 heteroatoms. The zero-order valence-corrected chi connectivity index (χ0v) is 19.8. The van der Waals surface area contributed by atoms with Crippen LogP contribution < -0.4 is 5.32 Å². The zero-order valence-electron chi connectivity index (χ0n) is 17.4. The van der Waals surface area contributed by atoms with Crippen molar-refractivity contribution in [2.75, 3.05) is 11.9 Å². The number of amides is 2. The van der Waals surface area contributed by atoms with Gasteiger partial charge in [0, 0.05) is 23.7 Å². The number of halogens is 1. The SMILES string of the molecule is O=C(CCCCCN1C(=O)/C(=C/c2ccc(Cl)cc2)SC1=S)Nc1ccc(O)c(C(=O)O)c1. The van der Waals surface area contributed by atoms with Crippen molar-refractivity contribution in [2.45, 2.75) is 25.7 Å². The van der Waals surface area contributed by atoms with Crippen molar-refractivity contribution in [3.63, 3.8) is 0 Å². The fourth-order valence-corrected chi connectivity index (χ4v) is 4.58. The van der Waals surface area contributed by atoms with E-state index in [9.17, 15) is 19.5 Å². The number of rotatable bonds is 9. The van der Waals surface area contributed by atoms with Crippen LogP contribution in [0, 0.1) is 0 Å². The molecular weight excluding hydrogens is 484 g/mol. The molecule has 0 atom stereocenters. The van der Waals surface area contributed by atoms with Crippen LogP contribution in [-0.4, -0.2) is 43.8 Å². The van der Waals surface area contributed by atoms with Crippen LogP contribution in [-0.2, 0) is 9.59 Å². The highest BCUT2D eigenvalue weighted by Crippen LogP contribution is 2.33. The first-order valence-electron chi connectivity index (χ1n) is 10.1. The number of aromatic hydroxyl groups is 1. The molecule has 1 aliphatic heterocycles. The lowest BCUT2D eigenvalue weighted by Gasteiger charge is -2.14. The smallest absolute Gasteiger partial charge is 0.339 e. The van der Waals surface area contributed by atoms with Gasteiger partial charge >= 0.3 is 5.97 Å². The van der Waals surface area contributed by atoms with Gasteiger partial charge < -0.3 is 15.5 Å². The van der Waals surface area contributed by atoms with Gasteiger partial charge in [-0.3, -0.25) is 14.5 Å². The van der Waals surface area contributed by atoms with E-state index in [1.54, 1.807) is 23.1 Å². The monoisotopic (exact) mass is 504 g/mol. The number of carboxylic acid groups (broad SMARTS) is 1. The summed E-state index contributed by atoms with van der Waals surface area (Å²) in [5.74, 6) is -2.02. The number of nitrogens with one attached hydrogen (secondary N) is 1. The number of unbranched alkanes of at least 4 members (excludes halogenated alkanes) is 2. The highest BCUT2D eigenvalue weighted by Gasteiger charge is 2.31. The van der Waals surface area contributed by atoms with Gasteiger partial charge in [-0.25, -0.2) is 4.79 Å². The second-order valence-corrected chi connectivity index (χ2v) is 9.39. The summed E-state index contributed by atoms with van der Waals surface area (Å²) in [5.41, 5.74) is 0.900. The molecule has 3 rings (SSSR count). The van der Waals surface area contributed by atoms with E-state index in [1.807, 2.05) is 12.1 Å². The number of benzene rings is 2. The Bertz CT molecular complexity index is 1120.